The van der Waals surface area contributed by atoms with E-state index in [0.29, 0.717) is 5.25 Å². The molecule has 1 rings (SSSR count). The molecule has 0 radical (unpaired) electrons. The average molecular weight is 260 g/mol. The van der Waals surface area contributed by atoms with Crippen LogP contribution in [-0.2, 0) is 0 Å². The van der Waals surface area contributed by atoms with Crippen molar-refractivity contribution in [1.82, 2.24) is 0 Å². The number of aromatic carboxylic acids is 1. The molecule has 16 heavy (non-hydrogen) atoms. The summed E-state index contributed by atoms with van der Waals surface area (Å²) in [6, 6.07) is 4.87. The minimum Gasteiger partial charge on any atom is -0.478 e. The number of nitrogens with one attached hydrogen (secondary N) is 1. The highest BCUT2D eigenvalue weighted by atomic mass is 35.5. The monoisotopic (exact) mass is 259 g/mol. The molecule has 0 aliphatic carbocycles. The number of halogens is 1. The third kappa shape index (κ3) is 3.61. The van der Waals surface area contributed by atoms with E-state index in [9.17, 15) is 4.79 Å². The first kappa shape index (κ1) is 13.2. The van der Waals surface area contributed by atoms with Gasteiger partial charge in [-0.05, 0) is 24.5 Å². The first-order chi connectivity index (χ1) is 7.54. The molecule has 0 heterocycles. The molecule has 0 aromatic heterocycles. The molecule has 1 aromatic carbocycles. The largest absolute Gasteiger partial charge is 0.478 e. The van der Waals surface area contributed by atoms with E-state index >= 15 is 0 Å². The smallest absolute Gasteiger partial charge is 0.337 e. The highest BCUT2D eigenvalue weighted by Gasteiger charge is 2.08. The van der Waals surface area contributed by atoms with Crippen LogP contribution in [0.3, 0.4) is 0 Å². The summed E-state index contributed by atoms with van der Waals surface area (Å²) < 4.78 is 0. The van der Waals surface area contributed by atoms with Crippen molar-refractivity contribution in [1.29, 1.82) is 0 Å². The normalized spacial score (nSPS) is 12.2. The van der Waals surface area contributed by atoms with Gasteiger partial charge in [-0.2, -0.15) is 11.8 Å². The molecule has 1 aromatic rings. The second kappa shape index (κ2) is 6.01. The lowest BCUT2D eigenvalue weighted by atomic mass is 10.2. The zero-order valence-electron chi connectivity index (χ0n) is 9.16. The van der Waals surface area contributed by atoms with Crippen LogP contribution < -0.4 is 5.32 Å². The quantitative estimate of drug-likeness (QED) is 0.853. The third-order valence-electron chi connectivity index (χ3n) is 2.20. The summed E-state index contributed by atoms with van der Waals surface area (Å²) in [5, 5.41) is 12.8. The Morgan fingerprint density at radius 1 is 1.62 bits per heavy atom. The fraction of sp³-hybridized carbons (Fsp3) is 0.364. The second-order valence-corrected chi connectivity index (χ2v) is 5.11. The van der Waals surface area contributed by atoms with Crippen molar-refractivity contribution in [2.45, 2.75) is 12.2 Å². The van der Waals surface area contributed by atoms with Crippen molar-refractivity contribution in [3.05, 3.63) is 28.8 Å². The van der Waals surface area contributed by atoms with Gasteiger partial charge in [0.2, 0.25) is 0 Å². The molecule has 0 fully saturated rings. The summed E-state index contributed by atoms with van der Waals surface area (Å²) >= 11 is 7.61. The summed E-state index contributed by atoms with van der Waals surface area (Å²) in [6.45, 7) is 2.94. The molecule has 1 unspecified atom stereocenters. The molecule has 0 aliphatic rings. The molecule has 0 aliphatic heterocycles. The zero-order chi connectivity index (χ0) is 12.1. The van der Waals surface area contributed by atoms with Crippen LogP contribution in [-0.4, -0.2) is 29.1 Å². The number of rotatable bonds is 5. The van der Waals surface area contributed by atoms with Gasteiger partial charge in [0.25, 0.3) is 0 Å². The average Bonchev–Trinajstić information content (AvgIpc) is 2.25. The van der Waals surface area contributed by atoms with Crippen molar-refractivity contribution in [3.63, 3.8) is 0 Å². The van der Waals surface area contributed by atoms with E-state index in [0.717, 1.165) is 12.2 Å². The predicted octanol–water partition coefficient (Wildman–Crippen LogP) is 3.20. The molecular formula is C11H14ClNO2S. The molecule has 88 valence electrons. The Morgan fingerprint density at radius 3 is 2.81 bits per heavy atom. The van der Waals surface area contributed by atoms with Crippen LogP contribution in [0.4, 0.5) is 5.69 Å². The van der Waals surface area contributed by atoms with Gasteiger partial charge in [-0.25, -0.2) is 4.79 Å². The fourth-order valence-electron chi connectivity index (χ4n) is 1.14. The van der Waals surface area contributed by atoms with Gasteiger partial charge in [0.15, 0.2) is 0 Å². The number of hydrogen-bond donors (Lipinski definition) is 2. The van der Waals surface area contributed by atoms with E-state index in [2.05, 4.69) is 12.2 Å². The second-order valence-electron chi connectivity index (χ2n) is 3.43. The van der Waals surface area contributed by atoms with Crippen molar-refractivity contribution < 1.29 is 9.90 Å². The summed E-state index contributed by atoms with van der Waals surface area (Å²) in [5.74, 6) is -1.01. The van der Waals surface area contributed by atoms with Crippen molar-refractivity contribution >= 4 is 35.0 Å². The van der Waals surface area contributed by atoms with E-state index in [1.807, 2.05) is 6.26 Å². The van der Waals surface area contributed by atoms with Crippen molar-refractivity contribution in [2.75, 3.05) is 18.1 Å². The van der Waals surface area contributed by atoms with Crippen LogP contribution in [0.15, 0.2) is 18.2 Å². The van der Waals surface area contributed by atoms with E-state index in [1.165, 1.54) is 6.07 Å². The first-order valence-corrected chi connectivity index (χ1v) is 6.50. The lowest BCUT2D eigenvalue weighted by molar-refractivity contribution is 0.0697. The predicted molar refractivity (Wildman–Crippen MR) is 69.9 cm³/mol. The standard InChI is InChI=1S/C11H14ClNO2S/c1-7(16-2)6-13-8-3-4-9(11(14)15)10(12)5-8/h3-5,7,13H,6H2,1-2H3,(H,14,15). The molecule has 0 bridgehead atoms. The Labute approximate surface area is 104 Å². The lowest BCUT2D eigenvalue weighted by Gasteiger charge is -2.11. The van der Waals surface area contributed by atoms with Gasteiger partial charge in [-0.1, -0.05) is 18.5 Å². The molecule has 0 amide bonds. The van der Waals surface area contributed by atoms with Crippen LogP contribution in [0.25, 0.3) is 0 Å². The van der Waals surface area contributed by atoms with Crippen LogP contribution in [0.2, 0.25) is 5.02 Å². The number of carboxylic acids is 1. The Balaban J connectivity index is 2.70. The molecule has 0 saturated carbocycles. The van der Waals surface area contributed by atoms with Gasteiger partial charge < -0.3 is 10.4 Å². The van der Waals surface area contributed by atoms with Gasteiger partial charge in [0.1, 0.15) is 0 Å². The molecule has 0 saturated heterocycles. The number of carboxylic acid groups (broad SMARTS) is 1. The number of benzene rings is 1. The third-order valence-corrected chi connectivity index (χ3v) is 3.48. The van der Waals surface area contributed by atoms with Crippen LogP contribution in [0.5, 0.6) is 0 Å². The van der Waals surface area contributed by atoms with Crippen LogP contribution in [0.1, 0.15) is 17.3 Å². The maximum atomic E-state index is 10.7. The van der Waals surface area contributed by atoms with Crippen LogP contribution >= 0.6 is 23.4 Å². The SMILES string of the molecule is CSC(C)CNc1ccc(C(=O)O)c(Cl)c1. The number of carbonyl (C=O) groups is 1. The highest BCUT2D eigenvalue weighted by molar-refractivity contribution is 7.99. The highest BCUT2D eigenvalue weighted by Crippen LogP contribution is 2.21. The maximum Gasteiger partial charge on any atom is 0.337 e. The molecular weight excluding hydrogens is 246 g/mol. The van der Waals surface area contributed by atoms with Gasteiger partial charge in [0.05, 0.1) is 10.6 Å². The van der Waals surface area contributed by atoms with E-state index in [4.69, 9.17) is 16.7 Å². The Hall–Kier alpha value is -0.870. The number of hydrogen-bond acceptors (Lipinski definition) is 3. The number of anilines is 1. The van der Waals surface area contributed by atoms with Gasteiger partial charge in [-0.15, -0.1) is 0 Å². The summed E-state index contributed by atoms with van der Waals surface area (Å²) in [6.07, 6.45) is 2.05. The topological polar surface area (TPSA) is 49.3 Å². The molecule has 3 nitrogen and oxygen atoms in total. The van der Waals surface area contributed by atoms with Gasteiger partial charge in [-0.3, -0.25) is 0 Å². The summed E-state index contributed by atoms with van der Waals surface area (Å²) in [7, 11) is 0. The van der Waals surface area contributed by atoms with Crippen molar-refractivity contribution in [3.8, 4) is 0 Å². The zero-order valence-corrected chi connectivity index (χ0v) is 10.7. The van der Waals surface area contributed by atoms with Gasteiger partial charge in [0, 0.05) is 17.5 Å². The summed E-state index contributed by atoms with van der Waals surface area (Å²) in [5.41, 5.74) is 0.973. The first-order valence-electron chi connectivity index (χ1n) is 4.84. The van der Waals surface area contributed by atoms with Crippen molar-refractivity contribution in [2.24, 2.45) is 0 Å². The van der Waals surface area contributed by atoms with Gasteiger partial charge >= 0.3 is 5.97 Å². The molecule has 2 N–H and O–H groups in total. The fourth-order valence-corrected chi connectivity index (χ4v) is 1.65. The lowest BCUT2D eigenvalue weighted by Crippen LogP contribution is -2.12. The Kier molecular flexibility index (Phi) is 4.96. The van der Waals surface area contributed by atoms with E-state index in [1.54, 1.807) is 23.9 Å². The summed E-state index contributed by atoms with van der Waals surface area (Å²) in [4.78, 5) is 10.7. The molecule has 5 heteroatoms. The number of thioether (sulfide) groups is 1. The van der Waals surface area contributed by atoms with E-state index < -0.39 is 5.97 Å². The van der Waals surface area contributed by atoms with E-state index in [-0.39, 0.29) is 10.6 Å². The maximum absolute atomic E-state index is 10.7. The molecule has 0 spiro atoms. The Bertz CT molecular complexity index is 384. The minimum absolute atomic E-state index is 0.130. The Morgan fingerprint density at radius 2 is 2.31 bits per heavy atom. The van der Waals surface area contributed by atoms with Crippen LogP contribution in [0, 0.1) is 0 Å². The molecule has 1 atom stereocenters. The minimum atomic E-state index is -1.01.